The van der Waals surface area contributed by atoms with Gasteiger partial charge in [0.15, 0.2) is 0 Å². The van der Waals surface area contributed by atoms with Crippen LogP contribution in [0.4, 0.5) is 4.39 Å². The molecule has 0 saturated carbocycles. The quantitative estimate of drug-likeness (QED) is 0.494. The third kappa shape index (κ3) is 3.98. The fraction of sp³-hybridized carbons (Fsp3) is 0.143. The zero-order valence-electron chi connectivity index (χ0n) is 5.14. The van der Waals surface area contributed by atoms with Gasteiger partial charge in [0.2, 0.25) is 0 Å². The van der Waals surface area contributed by atoms with Gasteiger partial charge in [0.1, 0.15) is 5.82 Å². The fourth-order valence-electron chi connectivity index (χ4n) is 0.415. The van der Waals surface area contributed by atoms with E-state index in [-0.39, 0.29) is 5.82 Å². The Balaban J connectivity index is 0.000000291. The minimum Gasteiger partial charge on any atom is -0.207 e. The zero-order valence-corrected chi connectivity index (χ0v) is 5.90. The number of rotatable bonds is 0. The summed E-state index contributed by atoms with van der Waals surface area (Å²) in [7, 11) is 0. The second kappa shape index (κ2) is 5.57. The minimum atomic E-state index is -0.178. The van der Waals surface area contributed by atoms with E-state index in [9.17, 15) is 4.39 Å². The van der Waals surface area contributed by atoms with Crippen molar-refractivity contribution in [1.29, 1.82) is 0 Å². The topological polar surface area (TPSA) is 0 Å². The highest BCUT2D eigenvalue weighted by molar-refractivity contribution is 6.15. The maximum absolute atomic E-state index is 11.9. The van der Waals surface area contributed by atoms with Crippen molar-refractivity contribution in [1.82, 2.24) is 0 Å². The van der Waals surface area contributed by atoms with Gasteiger partial charge in [0, 0.05) is 6.38 Å². The molecule has 0 saturated heterocycles. The molecule has 0 N–H and O–H groups in total. The molecule has 0 aliphatic rings. The van der Waals surface area contributed by atoms with Crippen LogP contribution in [0.15, 0.2) is 30.3 Å². The SMILES string of the molecule is CCl.Fc1ccccc1. The van der Waals surface area contributed by atoms with E-state index in [2.05, 4.69) is 11.6 Å². The molecule has 0 fully saturated rings. The van der Waals surface area contributed by atoms with Gasteiger partial charge in [-0.05, 0) is 12.1 Å². The summed E-state index contributed by atoms with van der Waals surface area (Å²) in [5.41, 5.74) is 0. The molecule has 50 valence electrons. The molecule has 0 aromatic heterocycles. The van der Waals surface area contributed by atoms with E-state index >= 15 is 0 Å². The predicted octanol–water partition coefficient (Wildman–Crippen LogP) is 2.68. The maximum atomic E-state index is 11.9. The Hall–Kier alpha value is -0.560. The number of halogens is 2. The van der Waals surface area contributed by atoms with Crippen LogP contribution in [-0.4, -0.2) is 6.38 Å². The van der Waals surface area contributed by atoms with Crippen LogP contribution in [0.25, 0.3) is 0 Å². The Kier molecular flexibility index (Phi) is 5.23. The summed E-state index contributed by atoms with van der Waals surface area (Å²) in [6.07, 6.45) is 1.47. The van der Waals surface area contributed by atoms with Gasteiger partial charge in [-0.25, -0.2) is 4.39 Å². The van der Waals surface area contributed by atoms with E-state index in [1.165, 1.54) is 18.5 Å². The molecular weight excluding hydrogens is 139 g/mol. The third-order valence-electron chi connectivity index (χ3n) is 0.733. The lowest BCUT2D eigenvalue weighted by Crippen LogP contribution is -1.63. The van der Waals surface area contributed by atoms with Gasteiger partial charge in [-0.1, -0.05) is 18.2 Å². The second-order valence-electron chi connectivity index (χ2n) is 1.30. The molecule has 0 nitrogen and oxygen atoms in total. The first-order chi connectivity index (χ1) is 4.39. The van der Waals surface area contributed by atoms with Crippen molar-refractivity contribution in [3.63, 3.8) is 0 Å². The Morgan fingerprint density at radius 1 is 1.11 bits per heavy atom. The molecule has 0 radical (unpaired) electrons. The molecule has 1 rings (SSSR count). The van der Waals surface area contributed by atoms with E-state index < -0.39 is 0 Å². The van der Waals surface area contributed by atoms with Gasteiger partial charge in [0.05, 0.1) is 0 Å². The van der Waals surface area contributed by atoms with Gasteiger partial charge in [-0.2, -0.15) is 0 Å². The van der Waals surface area contributed by atoms with Crippen molar-refractivity contribution < 1.29 is 4.39 Å². The second-order valence-corrected chi connectivity index (χ2v) is 1.30. The largest absolute Gasteiger partial charge is 0.207 e. The van der Waals surface area contributed by atoms with Gasteiger partial charge in [-0.3, -0.25) is 0 Å². The molecule has 0 spiro atoms. The molecule has 0 aliphatic carbocycles. The molecule has 0 amide bonds. The number of hydrogen-bond acceptors (Lipinski definition) is 0. The summed E-state index contributed by atoms with van der Waals surface area (Å²) in [6, 6.07) is 7.94. The van der Waals surface area contributed by atoms with Crippen molar-refractivity contribution in [2.24, 2.45) is 0 Å². The van der Waals surface area contributed by atoms with Crippen LogP contribution in [0, 0.1) is 5.82 Å². The monoisotopic (exact) mass is 146 g/mol. The van der Waals surface area contributed by atoms with Crippen molar-refractivity contribution in [3.8, 4) is 0 Å². The normalized spacial score (nSPS) is 7.44. The van der Waals surface area contributed by atoms with Crippen LogP contribution in [0.3, 0.4) is 0 Å². The maximum Gasteiger partial charge on any atom is 0.123 e. The molecule has 0 unspecified atom stereocenters. The Morgan fingerprint density at radius 2 is 1.56 bits per heavy atom. The summed E-state index contributed by atoms with van der Waals surface area (Å²) >= 11 is 4.64. The first kappa shape index (κ1) is 8.44. The summed E-state index contributed by atoms with van der Waals surface area (Å²) in [4.78, 5) is 0. The van der Waals surface area contributed by atoms with Gasteiger partial charge >= 0.3 is 0 Å². The average molecular weight is 147 g/mol. The molecule has 2 heteroatoms. The molecule has 9 heavy (non-hydrogen) atoms. The zero-order chi connectivity index (χ0) is 7.11. The van der Waals surface area contributed by atoms with Crippen LogP contribution in [0.1, 0.15) is 0 Å². The summed E-state index contributed by atoms with van der Waals surface area (Å²) < 4.78 is 11.9. The first-order valence-corrected chi connectivity index (χ1v) is 3.23. The molecule has 1 aromatic rings. The Morgan fingerprint density at radius 3 is 1.78 bits per heavy atom. The Bertz CT molecular complexity index is 139. The molecule has 0 bridgehead atoms. The van der Waals surface area contributed by atoms with Gasteiger partial charge in [-0.15, -0.1) is 11.6 Å². The van der Waals surface area contributed by atoms with E-state index in [0.717, 1.165) is 0 Å². The van der Waals surface area contributed by atoms with Gasteiger partial charge < -0.3 is 0 Å². The van der Waals surface area contributed by atoms with Crippen LogP contribution in [0.5, 0.6) is 0 Å². The third-order valence-corrected chi connectivity index (χ3v) is 0.733. The van der Waals surface area contributed by atoms with Crippen molar-refractivity contribution >= 4 is 11.6 Å². The lowest BCUT2D eigenvalue weighted by Gasteiger charge is -1.78. The van der Waals surface area contributed by atoms with Crippen LogP contribution in [0.2, 0.25) is 0 Å². The summed E-state index contributed by atoms with van der Waals surface area (Å²) in [5.74, 6) is -0.178. The molecule has 0 atom stereocenters. The standard InChI is InChI=1S/C6H5F.CH3Cl/c7-6-4-2-1-3-5-6;1-2/h1-5H;1H3. The van der Waals surface area contributed by atoms with E-state index in [4.69, 9.17) is 0 Å². The van der Waals surface area contributed by atoms with Crippen molar-refractivity contribution in [2.45, 2.75) is 0 Å². The van der Waals surface area contributed by atoms with E-state index in [0.29, 0.717) is 0 Å². The summed E-state index contributed by atoms with van der Waals surface area (Å²) in [6.45, 7) is 0. The van der Waals surface area contributed by atoms with E-state index in [1.807, 2.05) is 0 Å². The van der Waals surface area contributed by atoms with Crippen LogP contribution >= 0.6 is 11.6 Å². The highest BCUT2D eigenvalue weighted by atomic mass is 35.5. The number of hydrogen-bond donors (Lipinski definition) is 0. The van der Waals surface area contributed by atoms with E-state index in [1.54, 1.807) is 18.2 Å². The fourth-order valence-corrected chi connectivity index (χ4v) is 0.415. The predicted molar refractivity (Wildman–Crippen MR) is 38.2 cm³/mol. The van der Waals surface area contributed by atoms with Crippen molar-refractivity contribution in [2.75, 3.05) is 6.38 Å². The lowest BCUT2D eigenvalue weighted by molar-refractivity contribution is 0.628. The average Bonchev–Trinajstić information content (AvgIpc) is 1.94. The first-order valence-electron chi connectivity index (χ1n) is 2.48. The van der Waals surface area contributed by atoms with Gasteiger partial charge in [0.25, 0.3) is 0 Å². The Labute approximate surface area is 59.3 Å². The minimum absolute atomic E-state index is 0.178. The van der Waals surface area contributed by atoms with Crippen molar-refractivity contribution in [3.05, 3.63) is 36.1 Å². The molecule has 0 aliphatic heterocycles. The highest BCUT2D eigenvalue weighted by Gasteiger charge is 1.77. The summed E-state index contributed by atoms with van der Waals surface area (Å²) in [5, 5.41) is 0. The number of benzene rings is 1. The smallest absolute Gasteiger partial charge is 0.123 e. The van der Waals surface area contributed by atoms with Crippen LogP contribution < -0.4 is 0 Å². The molecular formula is C7H8ClF. The van der Waals surface area contributed by atoms with Crippen LogP contribution in [-0.2, 0) is 0 Å². The highest BCUT2D eigenvalue weighted by Crippen LogP contribution is 1.91. The molecule has 1 aromatic carbocycles. The lowest BCUT2D eigenvalue weighted by atomic mass is 10.4. The number of alkyl halides is 1. The molecule has 0 heterocycles.